The van der Waals surface area contributed by atoms with Crippen LogP contribution in [0, 0.1) is 5.92 Å². The van der Waals surface area contributed by atoms with Crippen LogP contribution in [0.15, 0.2) is 0 Å². The summed E-state index contributed by atoms with van der Waals surface area (Å²) in [5.74, 6) is 0.821. The van der Waals surface area contributed by atoms with Crippen molar-refractivity contribution >= 4 is 21.6 Å². The molecule has 12 heavy (non-hydrogen) atoms. The van der Waals surface area contributed by atoms with Crippen molar-refractivity contribution in [3.63, 3.8) is 0 Å². The highest BCUT2D eigenvalue weighted by molar-refractivity contribution is 8.77. The van der Waals surface area contributed by atoms with Gasteiger partial charge < -0.3 is 0 Å². The standard InChI is InChI=1S/C10H22S2/c1-6-7-10(8(2)3)12-11-9(4)5/h8-10H,6-7H2,1-5H3. The molecule has 2 heteroatoms. The van der Waals surface area contributed by atoms with E-state index in [-0.39, 0.29) is 0 Å². The average molecular weight is 206 g/mol. The SMILES string of the molecule is CCCC(SSC(C)C)C(C)C. The van der Waals surface area contributed by atoms with E-state index in [4.69, 9.17) is 0 Å². The first-order valence-corrected chi connectivity index (χ1v) is 7.17. The second-order valence-electron chi connectivity index (χ2n) is 3.81. The Labute approximate surface area is 85.7 Å². The fourth-order valence-corrected chi connectivity index (χ4v) is 3.93. The molecule has 0 amide bonds. The maximum atomic E-state index is 2.33. The third-order valence-corrected chi connectivity index (χ3v) is 5.44. The molecule has 0 saturated carbocycles. The van der Waals surface area contributed by atoms with Crippen molar-refractivity contribution in [3.05, 3.63) is 0 Å². The predicted molar refractivity (Wildman–Crippen MR) is 63.9 cm³/mol. The highest BCUT2D eigenvalue weighted by Crippen LogP contribution is 2.36. The third-order valence-electron chi connectivity index (χ3n) is 1.69. The molecule has 0 spiro atoms. The van der Waals surface area contributed by atoms with Crippen LogP contribution in [0.25, 0.3) is 0 Å². The maximum Gasteiger partial charge on any atom is 0.0174 e. The van der Waals surface area contributed by atoms with Crippen LogP contribution in [0.5, 0.6) is 0 Å². The minimum atomic E-state index is 0.758. The van der Waals surface area contributed by atoms with Crippen molar-refractivity contribution in [2.24, 2.45) is 5.92 Å². The van der Waals surface area contributed by atoms with Crippen molar-refractivity contribution in [2.75, 3.05) is 0 Å². The summed E-state index contributed by atoms with van der Waals surface area (Å²) >= 11 is 0. The van der Waals surface area contributed by atoms with Crippen LogP contribution in [0.2, 0.25) is 0 Å². The van der Waals surface area contributed by atoms with Gasteiger partial charge in [0.1, 0.15) is 0 Å². The summed E-state index contributed by atoms with van der Waals surface area (Å²) in [5.41, 5.74) is 0. The van der Waals surface area contributed by atoms with E-state index in [2.05, 4.69) is 45.4 Å². The zero-order chi connectivity index (χ0) is 9.56. The lowest BCUT2D eigenvalue weighted by Crippen LogP contribution is -2.09. The second-order valence-corrected chi connectivity index (χ2v) is 6.90. The van der Waals surface area contributed by atoms with Crippen LogP contribution in [0.1, 0.15) is 47.5 Å². The van der Waals surface area contributed by atoms with Gasteiger partial charge in [0.15, 0.2) is 0 Å². The van der Waals surface area contributed by atoms with E-state index in [9.17, 15) is 0 Å². The monoisotopic (exact) mass is 206 g/mol. The molecule has 0 aromatic rings. The van der Waals surface area contributed by atoms with Gasteiger partial charge in [-0.3, -0.25) is 0 Å². The van der Waals surface area contributed by atoms with Crippen LogP contribution >= 0.6 is 21.6 Å². The van der Waals surface area contributed by atoms with E-state index in [1.165, 1.54) is 12.8 Å². The Balaban J connectivity index is 3.63. The van der Waals surface area contributed by atoms with Crippen LogP contribution in [0.3, 0.4) is 0 Å². The molecule has 0 rings (SSSR count). The molecule has 0 aliphatic heterocycles. The molecule has 0 aromatic heterocycles. The Bertz CT molecular complexity index is 100. The Kier molecular flexibility index (Phi) is 7.55. The molecule has 0 radical (unpaired) electrons. The molecule has 0 fully saturated rings. The smallest absolute Gasteiger partial charge is 0.0174 e. The molecule has 74 valence electrons. The number of hydrogen-bond acceptors (Lipinski definition) is 2. The Hall–Kier alpha value is 0.700. The fraction of sp³-hybridized carbons (Fsp3) is 1.00. The Morgan fingerprint density at radius 2 is 1.58 bits per heavy atom. The quantitative estimate of drug-likeness (QED) is 0.582. The predicted octanol–water partition coefficient (Wildman–Crippen LogP) is 4.60. The van der Waals surface area contributed by atoms with E-state index in [0.29, 0.717) is 0 Å². The highest BCUT2D eigenvalue weighted by Gasteiger charge is 2.13. The third kappa shape index (κ3) is 6.24. The van der Waals surface area contributed by atoms with Crippen LogP contribution in [-0.4, -0.2) is 10.5 Å². The second kappa shape index (κ2) is 7.14. The molecule has 0 bridgehead atoms. The highest BCUT2D eigenvalue weighted by atomic mass is 33.1. The first kappa shape index (κ1) is 12.7. The van der Waals surface area contributed by atoms with Gasteiger partial charge in [0.25, 0.3) is 0 Å². The summed E-state index contributed by atoms with van der Waals surface area (Å²) in [6.07, 6.45) is 2.68. The Morgan fingerprint density at radius 3 is 1.92 bits per heavy atom. The maximum absolute atomic E-state index is 2.33. The summed E-state index contributed by atoms with van der Waals surface area (Å²) < 4.78 is 0. The number of rotatable bonds is 6. The van der Waals surface area contributed by atoms with Crippen molar-refractivity contribution in [1.82, 2.24) is 0 Å². The van der Waals surface area contributed by atoms with Gasteiger partial charge in [0.2, 0.25) is 0 Å². The lowest BCUT2D eigenvalue weighted by atomic mass is 10.1. The fourth-order valence-electron chi connectivity index (χ4n) is 0.960. The summed E-state index contributed by atoms with van der Waals surface area (Å²) in [6, 6.07) is 0. The molecule has 0 nitrogen and oxygen atoms in total. The van der Waals surface area contributed by atoms with Crippen LogP contribution < -0.4 is 0 Å². The van der Waals surface area contributed by atoms with Gasteiger partial charge >= 0.3 is 0 Å². The summed E-state index contributed by atoms with van der Waals surface area (Å²) in [5, 5.41) is 1.61. The van der Waals surface area contributed by atoms with Crippen molar-refractivity contribution in [3.8, 4) is 0 Å². The summed E-state index contributed by atoms with van der Waals surface area (Å²) in [4.78, 5) is 0. The van der Waals surface area contributed by atoms with Gasteiger partial charge in [0.05, 0.1) is 0 Å². The molecule has 0 saturated heterocycles. The van der Waals surface area contributed by atoms with Crippen LogP contribution in [0.4, 0.5) is 0 Å². The summed E-state index contributed by atoms with van der Waals surface area (Å²) in [7, 11) is 4.10. The molecular formula is C10H22S2. The van der Waals surface area contributed by atoms with E-state index in [1.807, 2.05) is 10.8 Å². The minimum absolute atomic E-state index is 0.758. The topological polar surface area (TPSA) is 0 Å². The molecule has 0 heterocycles. The zero-order valence-electron chi connectivity index (χ0n) is 8.96. The largest absolute Gasteiger partial charge is 0.0910 e. The summed E-state index contributed by atoms with van der Waals surface area (Å²) in [6.45, 7) is 11.5. The van der Waals surface area contributed by atoms with Crippen molar-refractivity contribution < 1.29 is 0 Å². The van der Waals surface area contributed by atoms with E-state index < -0.39 is 0 Å². The molecule has 0 aliphatic rings. The van der Waals surface area contributed by atoms with Crippen molar-refractivity contribution in [1.29, 1.82) is 0 Å². The first-order chi connectivity index (χ1) is 5.57. The van der Waals surface area contributed by atoms with Gasteiger partial charge in [-0.05, 0) is 12.3 Å². The molecular weight excluding hydrogens is 184 g/mol. The normalized spacial score (nSPS) is 14.2. The van der Waals surface area contributed by atoms with E-state index in [1.54, 1.807) is 0 Å². The van der Waals surface area contributed by atoms with E-state index >= 15 is 0 Å². The zero-order valence-corrected chi connectivity index (χ0v) is 10.6. The molecule has 1 atom stereocenters. The van der Waals surface area contributed by atoms with Crippen LogP contribution in [-0.2, 0) is 0 Å². The molecule has 0 aromatic carbocycles. The number of hydrogen-bond donors (Lipinski definition) is 0. The Morgan fingerprint density at radius 1 is 1.00 bits per heavy atom. The lowest BCUT2D eigenvalue weighted by molar-refractivity contribution is 0.569. The van der Waals surface area contributed by atoms with Gasteiger partial charge in [-0.25, -0.2) is 0 Å². The van der Waals surface area contributed by atoms with E-state index in [0.717, 1.165) is 16.4 Å². The lowest BCUT2D eigenvalue weighted by Gasteiger charge is -2.19. The first-order valence-electron chi connectivity index (χ1n) is 4.90. The van der Waals surface area contributed by atoms with Gasteiger partial charge in [-0.2, -0.15) is 0 Å². The van der Waals surface area contributed by atoms with Gasteiger partial charge in [-0.15, -0.1) is 0 Å². The minimum Gasteiger partial charge on any atom is -0.0910 e. The molecule has 0 N–H and O–H groups in total. The molecule has 0 aliphatic carbocycles. The van der Waals surface area contributed by atoms with Crippen molar-refractivity contribution in [2.45, 2.75) is 58.0 Å². The molecule has 1 unspecified atom stereocenters. The van der Waals surface area contributed by atoms with Gasteiger partial charge in [0, 0.05) is 10.5 Å². The average Bonchev–Trinajstić information content (AvgIpc) is 1.96. The van der Waals surface area contributed by atoms with Gasteiger partial charge in [-0.1, -0.05) is 62.6 Å².